The Morgan fingerprint density at radius 1 is 1.12 bits per heavy atom. The van der Waals surface area contributed by atoms with E-state index in [1.165, 1.54) is 0 Å². The summed E-state index contributed by atoms with van der Waals surface area (Å²) in [5.74, 6) is 0.371. The maximum Gasteiger partial charge on any atom is 0.246 e. The first-order valence-corrected chi connectivity index (χ1v) is 12.3. The molecule has 1 N–H and O–H groups in total. The maximum atomic E-state index is 13.0. The zero-order valence-electron chi connectivity index (χ0n) is 17.8. The molecule has 168 valence electrons. The molecular formula is C25H27NO5S. The molecule has 2 aliphatic rings. The second-order valence-electron chi connectivity index (χ2n) is 7.96. The second kappa shape index (κ2) is 10.1. The van der Waals surface area contributed by atoms with E-state index in [9.17, 15) is 13.2 Å². The lowest BCUT2D eigenvalue weighted by atomic mass is 10.0. The van der Waals surface area contributed by atoms with Crippen molar-refractivity contribution in [2.24, 2.45) is 0 Å². The van der Waals surface area contributed by atoms with Gasteiger partial charge in [0, 0.05) is 0 Å². The molecule has 1 aliphatic heterocycles. The molecule has 0 aromatic heterocycles. The van der Waals surface area contributed by atoms with Crippen LogP contribution in [0.4, 0.5) is 0 Å². The number of nitrogens with one attached hydrogen (secondary N) is 1. The van der Waals surface area contributed by atoms with Crippen molar-refractivity contribution in [3.63, 3.8) is 0 Å². The summed E-state index contributed by atoms with van der Waals surface area (Å²) in [4.78, 5) is 12.4. The van der Waals surface area contributed by atoms with Crippen LogP contribution in [0, 0.1) is 0 Å². The van der Waals surface area contributed by atoms with Gasteiger partial charge in [-0.25, -0.2) is 8.42 Å². The molecule has 1 heterocycles. The molecule has 4 rings (SSSR count). The van der Waals surface area contributed by atoms with Crippen LogP contribution in [0.15, 0.2) is 77.7 Å². The van der Waals surface area contributed by atoms with E-state index in [1.54, 1.807) is 24.3 Å². The molecule has 2 atom stereocenters. The molecule has 2 aromatic rings. The Balaban J connectivity index is 1.30. The zero-order chi connectivity index (χ0) is 22.4. The second-order valence-corrected chi connectivity index (χ2v) is 10.1. The van der Waals surface area contributed by atoms with Crippen molar-refractivity contribution >= 4 is 15.7 Å². The van der Waals surface area contributed by atoms with Crippen LogP contribution in [-0.2, 0) is 32.4 Å². The molecule has 0 bridgehead atoms. The molecule has 7 heteroatoms. The van der Waals surface area contributed by atoms with Crippen LogP contribution in [0.25, 0.3) is 0 Å². The fourth-order valence-corrected chi connectivity index (χ4v) is 5.34. The van der Waals surface area contributed by atoms with E-state index in [0.29, 0.717) is 25.3 Å². The first-order valence-electron chi connectivity index (χ1n) is 10.8. The summed E-state index contributed by atoms with van der Waals surface area (Å²) in [7, 11) is -3.48. The van der Waals surface area contributed by atoms with Crippen molar-refractivity contribution in [2.45, 2.75) is 42.1 Å². The van der Waals surface area contributed by atoms with Gasteiger partial charge in [-0.1, -0.05) is 60.7 Å². The standard InChI is InChI=1S/C25H27NO5S/c27-25(18-30-17-19-7-3-1-4-8-19)26-16-21-13-11-20-12-14-23(15-24(20)31-21)32(28,29)22-9-5-2-6-10-22/h1-9,12,14-15,21-22H,10-11,13,16-18H2,(H,26,27)/t21-,22?/m1/s1. The van der Waals surface area contributed by atoms with Crippen LogP contribution in [0.2, 0.25) is 0 Å². The molecule has 1 amide bonds. The summed E-state index contributed by atoms with van der Waals surface area (Å²) in [5, 5.41) is 2.29. The highest BCUT2D eigenvalue weighted by molar-refractivity contribution is 7.92. The van der Waals surface area contributed by atoms with E-state index in [4.69, 9.17) is 9.47 Å². The number of carbonyl (C=O) groups excluding carboxylic acids is 1. The topological polar surface area (TPSA) is 81.7 Å². The molecule has 2 aromatic carbocycles. The summed E-state index contributed by atoms with van der Waals surface area (Å²) in [6.45, 7) is 0.703. The van der Waals surface area contributed by atoms with Gasteiger partial charge in [-0.2, -0.15) is 0 Å². The highest BCUT2D eigenvalue weighted by atomic mass is 32.2. The van der Waals surface area contributed by atoms with Gasteiger partial charge in [0.1, 0.15) is 18.5 Å². The quantitative estimate of drug-likeness (QED) is 0.663. The number of hydrogen-bond donors (Lipinski definition) is 1. The molecule has 0 saturated heterocycles. The van der Waals surface area contributed by atoms with Crippen LogP contribution in [0.3, 0.4) is 0 Å². The van der Waals surface area contributed by atoms with Gasteiger partial charge in [-0.3, -0.25) is 4.79 Å². The van der Waals surface area contributed by atoms with Crippen molar-refractivity contribution in [3.05, 3.63) is 84.0 Å². The average molecular weight is 454 g/mol. The van der Waals surface area contributed by atoms with Gasteiger partial charge in [-0.15, -0.1) is 0 Å². The first-order chi connectivity index (χ1) is 15.5. The van der Waals surface area contributed by atoms with Crippen LogP contribution < -0.4 is 10.1 Å². The maximum absolute atomic E-state index is 13.0. The van der Waals surface area contributed by atoms with Crippen LogP contribution >= 0.6 is 0 Å². The highest BCUT2D eigenvalue weighted by Crippen LogP contribution is 2.32. The van der Waals surface area contributed by atoms with Gasteiger partial charge in [-0.05, 0) is 42.5 Å². The van der Waals surface area contributed by atoms with Gasteiger partial charge in [0.2, 0.25) is 5.91 Å². The third-order valence-electron chi connectivity index (χ3n) is 5.61. The average Bonchev–Trinajstić information content (AvgIpc) is 2.83. The number of rotatable bonds is 8. The summed E-state index contributed by atoms with van der Waals surface area (Å²) in [6, 6.07) is 14.8. The van der Waals surface area contributed by atoms with Gasteiger partial charge < -0.3 is 14.8 Å². The number of allylic oxidation sites excluding steroid dienone is 3. The lowest BCUT2D eigenvalue weighted by Crippen LogP contribution is -2.38. The number of sulfone groups is 1. The molecule has 0 spiro atoms. The van der Waals surface area contributed by atoms with Gasteiger partial charge in [0.25, 0.3) is 0 Å². The number of benzene rings is 2. The van der Waals surface area contributed by atoms with Gasteiger partial charge >= 0.3 is 0 Å². The van der Waals surface area contributed by atoms with Crippen molar-refractivity contribution < 1.29 is 22.7 Å². The first kappa shape index (κ1) is 22.3. The minimum atomic E-state index is -3.48. The fourth-order valence-electron chi connectivity index (χ4n) is 3.80. The van der Waals surface area contributed by atoms with E-state index in [-0.39, 0.29) is 23.5 Å². The molecular weight excluding hydrogens is 426 g/mol. The zero-order valence-corrected chi connectivity index (χ0v) is 18.6. The summed E-state index contributed by atoms with van der Waals surface area (Å²) >= 11 is 0. The predicted molar refractivity (Wildman–Crippen MR) is 122 cm³/mol. The van der Waals surface area contributed by atoms with Crippen molar-refractivity contribution in [3.8, 4) is 5.75 Å². The molecule has 0 fully saturated rings. The Labute approximate surface area is 188 Å². The summed E-state index contributed by atoms with van der Waals surface area (Å²) in [5.41, 5.74) is 2.00. The van der Waals surface area contributed by atoms with Crippen molar-refractivity contribution in [1.29, 1.82) is 0 Å². The molecule has 6 nitrogen and oxygen atoms in total. The Morgan fingerprint density at radius 3 is 2.75 bits per heavy atom. The summed E-state index contributed by atoms with van der Waals surface area (Å²) < 4.78 is 37.4. The molecule has 0 radical (unpaired) electrons. The minimum absolute atomic E-state index is 0.0239. The van der Waals surface area contributed by atoms with Gasteiger partial charge in [0.15, 0.2) is 9.84 Å². The molecule has 1 aliphatic carbocycles. The Kier molecular flexibility index (Phi) is 7.07. The number of aryl methyl sites for hydroxylation is 1. The van der Waals surface area contributed by atoms with Crippen molar-refractivity contribution in [2.75, 3.05) is 13.2 Å². The Morgan fingerprint density at radius 2 is 1.97 bits per heavy atom. The van der Waals surface area contributed by atoms with E-state index in [0.717, 1.165) is 24.0 Å². The SMILES string of the molecule is O=C(COCc1ccccc1)NC[C@H]1CCc2ccc(S(=O)(=O)C3C=CC=CC3)cc2O1. The van der Waals surface area contributed by atoms with E-state index < -0.39 is 15.1 Å². The Bertz CT molecular complexity index is 1110. The van der Waals surface area contributed by atoms with E-state index in [2.05, 4.69) is 5.32 Å². The van der Waals surface area contributed by atoms with Crippen LogP contribution in [0.5, 0.6) is 5.75 Å². The van der Waals surface area contributed by atoms with E-state index in [1.807, 2.05) is 48.6 Å². The Hall–Kier alpha value is -2.90. The molecule has 1 unspecified atom stereocenters. The number of ether oxygens (including phenoxy) is 2. The lowest BCUT2D eigenvalue weighted by molar-refractivity contribution is -0.126. The van der Waals surface area contributed by atoms with Crippen molar-refractivity contribution in [1.82, 2.24) is 5.32 Å². The van der Waals surface area contributed by atoms with E-state index >= 15 is 0 Å². The number of amides is 1. The number of carbonyl (C=O) groups is 1. The monoisotopic (exact) mass is 453 g/mol. The smallest absolute Gasteiger partial charge is 0.246 e. The predicted octanol–water partition coefficient (Wildman–Crippen LogP) is 3.37. The largest absolute Gasteiger partial charge is 0.488 e. The number of fused-ring (bicyclic) bond motifs is 1. The third kappa shape index (κ3) is 5.47. The lowest BCUT2D eigenvalue weighted by Gasteiger charge is -2.27. The molecule has 0 saturated carbocycles. The molecule has 32 heavy (non-hydrogen) atoms. The minimum Gasteiger partial charge on any atom is -0.488 e. The highest BCUT2D eigenvalue weighted by Gasteiger charge is 2.28. The fraction of sp³-hybridized carbons (Fsp3) is 0.320. The summed E-state index contributed by atoms with van der Waals surface area (Å²) in [6.07, 6.45) is 8.98. The number of hydrogen-bond acceptors (Lipinski definition) is 5. The van der Waals surface area contributed by atoms with Crippen LogP contribution in [-0.4, -0.2) is 38.8 Å². The normalized spacial score (nSPS) is 19.8. The van der Waals surface area contributed by atoms with Gasteiger partial charge in [0.05, 0.1) is 23.3 Å². The van der Waals surface area contributed by atoms with Crippen LogP contribution in [0.1, 0.15) is 24.0 Å². The third-order valence-corrected chi connectivity index (χ3v) is 7.67.